The van der Waals surface area contributed by atoms with Gasteiger partial charge in [-0.15, -0.1) is 0 Å². The molecule has 6 heteroatoms. The van der Waals surface area contributed by atoms with Crippen molar-refractivity contribution in [3.63, 3.8) is 0 Å². The summed E-state index contributed by atoms with van der Waals surface area (Å²) in [5.74, 6) is 0.323. The molecule has 0 unspecified atom stereocenters. The molecule has 1 amide bonds. The summed E-state index contributed by atoms with van der Waals surface area (Å²) in [6.07, 6.45) is -0.605. The van der Waals surface area contributed by atoms with Crippen LogP contribution in [-0.2, 0) is 11.3 Å². The van der Waals surface area contributed by atoms with E-state index in [9.17, 15) is 9.90 Å². The topological polar surface area (TPSA) is 77.0 Å². The lowest BCUT2D eigenvalue weighted by Gasteiger charge is -2.16. The molecule has 0 spiro atoms. The van der Waals surface area contributed by atoms with E-state index in [0.717, 1.165) is 5.56 Å². The highest BCUT2D eigenvalue weighted by molar-refractivity contribution is 5.87. The van der Waals surface area contributed by atoms with Crippen LogP contribution in [0.1, 0.15) is 11.1 Å². The van der Waals surface area contributed by atoms with E-state index in [4.69, 9.17) is 14.2 Å². The van der Waals surface area contributed by atoms with Gasteiger partial charge in [-0.2, -0.15) is 0 Å². The first-order valence-corrected chi connectivity index (χ1v) is 6.99. The van der Waals surface area contributed by atoms with Crippen molar-refractivity contribution in [3.8, 4) is 17.2 Å². The maximum Gasteiger partial charge on any atom is 0.411 e. The first-order chi connectivity index (χ1) is 11.1. The van der Waals surface area contributed by atoms with Gasteiger partial charge in [-0.3, -0.25) is 5.32 Å². The fourth-order valence-corrected chi connectivity index (χ4v) is 2.12. The summed E-state index contributed by atoms with van der Waals surface area (Å²) in [6, 6.07) is 10.9. The molecule has 0 saturated heterocycles. The highest BCUT2D eigenvalue weighted by Crippen LogP contribution is 2.42. The van der Waals surface area contributed by atoms with Crippen LogP contribution in [-0.4, -0.2) is 25.4 Å². The summed E-state index contributed by atoms with van der Waals surface area (Å²) in [5, 5.41) is 12.6. The summed E-state index contributed by atoms with van der Waals surface area (Å²) in [4.78, 5) is 11.9. The molecule has 0 aromatic heterocycles. The molecular weight excluding hydrogens is 298 g/mol. The second kappa shape index (κ2) is 7.40. The van der Waals surface area contributed by atoms with Crippen molar-refractivity contribution in [1.82, 2.24) is 0 Å². The molecule has 6 nitrogen and oxygen atoms in total. The minimum atomic E-state index is -0.605. The molecule has 2 aromatic carbocycles. The van der Waals surface area contributed by atoms with E-state index in [1.807, 2.05) is 30.3 Å². The Bertz CT molecular complexity index is 685. The van der Waals surface area contributed by atoms with Crippen molar-refractivity contribution in [1.29, 1.82) is 0 Å². The molecule has 2 rings (SSSR count). The van der Waals surface area contributed by atoms with Crippen LogP contribution in [0.5, 0.6) is 17.2 Å². The van der Waals surface area contributed by atoms with E-state index in [1.165, 1.54) is 20.3 Å². The molecular formula is C17H19NO5. The van der Waals surface area contributed by atoms with Gasteiger partial charge in [0.1, 0.15) is 6.61 Å². The first kappa shape index (κ1) is 16.5. The molecule has 0 atom stereocenters. The molecule has 23 heavy (non-hydrogen) atoms. The smallest absolute Gasteiger partial charge is 0.411 e. The van der Waals surface area contributed by atoms with Crippen molar-refractivity contribution in [2.45, 2.75) is 13.5 Å². The van der Waals surface area contributed by atoms with Gasteiger partial charge in [0.2, 0.25) is 5.75 Å². The maximum absolute atomic E-state index is 11.9. The number of carbonyl (C=O) groups excluding carboxylic acids is 1. The number of nitrogens with one attached hydrogen (secondary N) is 1. The maximum atomic E-state index is 11.9. The molecule has 0 heterocycles. The number of anilines is 1. The summed E-state index contributed by atoms with van der Waals surface area (Å²) in [5.41, 5.74) is 1.90. The molecule has 0 saturated carbocycles. The SMILES string of the molecule is COc1cc(NC(=O)OCc2ccccc2)c(C)c(OC)c1O. The van der Waals surface area contributed by atoms with Crippen LogP contribution in [0.3, 0.4) is 0 Å². The number of hydrogen-bond donors (Lipinski definition) is 2. The Balaban J connectivity index is 2.11. The van der Waals surface area contributed by atoms with E-state index in [1.54, 1.807) is 6.92 Å². The quantitative estimate of drug-likeness (QED) is 0.826. The standard InChI is InChI=1S/C17H19NO5/c1-11-13(9-14(21-2)15(19)16(11)22-3)18-17(20)23-10-12-7-5-4-6-8-12/h4-9,19H,10H2,1-3H3,(H,18,20). The minimum absolute atomic E-state index is 0.115. The predicted octanol–water partition coefficient (Wildman–Crippen LogP) is 3.47. The minimum Gasteiger partial charge on any atom is -0.502 e. The zero-order valence-electron chi connectivity index (χ0n) is 13.3. The van der Waals surface area contributed by atoms with Crippen molar-refractivity contribution < 1.29 is 24.1 Å². The Kier molecular flexibility index (Phi) is 5.30. The van der Waals surface area contributed by atoms with Crippen LogP contribution in [0.2, 0.25) is 0 Å². The number of methoxy groups -OCH3 is 2. The monoisotopic (exact) mass is 317 g/mol. The van der Waals surface area contributed by atoms with Crippen LogP contribution in [0, 0.1) is 6.92 Å². The van der Waals surface area contributed by atoms with E-state index in [2.05, 4.69) is 5.32 Å². The summed E-state index contributed by atoms with van der Waals surface area (Å²) in [7, 11) is 2.85. The number of carbonyl (C=O) groups is 1. The number of rotatable bonds is 5. The third-order valence-corrected chi connectivity index (χ3v) is 3.34. The van der Waals surface area contributed by atoms with Gasteiger partial charge < -0.3 is 19.3 Å². The number of hydrogen-bond acceptors (Lipinski definition) is 5. The predicted molar refractivity (Wildman–Crippen MR) is 86.2 cm³/mol. The molecule has 0 aliphatic rings. The van der Waals surface area contributed by atoms with Crippen LogP contribution in [0.15, 0.2) is 36.4 Å². The van der Waals surface area contributed by atoms with E-state index in [0.29, 0.717) is 11.3 Å². The van der Waals surface area contributed by atoms with Crippen molar-refractivity contribution in [2.24, 2.45) is 0 Å². The Morgan fingerprint density at radius 2 is 1.87 bits per heavy atom. The van der Waals surface area contributed by atoms with E-state index in [-0.39, 0.29) is 23.9 Å². The number of ether oxygens (including phenoxy) is 3. The highest BCUT2D eigenvalue weighted by atomic mass is 16.5. The average Bonchev–Trinajstić information content (AvgIpc) is 2.57. The number of phenolic OH excluding ortho intramolecular Hbond substituents is 1. The van der Waals surface area contributed by atoms with Crippen molar-refractivity contribution in [3.05, 3.63) is 47.5 Å². The average molecular weight is 317 g/mol. The van der Waals surface area contributed by atoms with Crippen LogP contribution >= 0.6 is 0 Å². The van der Waals surface area contributed by atoms with Gasteiger partial charge in [0, 0.05) is 11.6 Å². The van der Waals surface area contributed by atoms with Gasteiger partial charge in [0.15, 0.2) is 11.5 Å². The molecule has 0 fully saturated rings. The van der Waals surface area contributed by atoms with E-state index >= 15 is 0 Å². The normalized spacial score (nSPS) is 10.0. The van der Waals surface area contributed by atoms with Gasteiger partial charge in [-0.05, 0) is 12.5 Å². The lowest BCUT2D eigenvalue weighted by atomic mass is 10.1. The molecule has 2 aromatic rings. The van der Waals surface area contributed by atoms with Gasteiger partial charge in [-0.25, -0.2) is 4.79 Å². The third-order valence-electron chi connectivity index (χ3n) is 3.34. The van der Waals surface area contributed by atoms with E-state index < -0.39 is 6.09 Å². The summed E-state index contributed by atoms with van der Waals surface area (Å²) >= 11 is 0. The molecule has 2 N–H and O–H groups in total. The largest absolute Gasteiger partial charge is 0.502 e. The lowest BCUT2D eigenvalue weighted by molar-refractivity contribution is 0.155. The van der Waals surface area contributed by atoms with Crippen molar-refractivity contribution >= 4 is 11.8 Å². The Labute approximate surface area is 134 Å². The fraction of sp³-hybridized carbons (Fsp3) is 0.235. The zero-order chi connectivity index (χ0) is 16.8. The second-order valence-corrected chi connectivity index (χ2v) is 4.82. The summed E-state index contributed by atoms with van der Waals surface area (Å²) in [6.45, 7) is 1.88. The van der Waals surface area contributed by atoms with Gasteiger partial charge in [-0.1, -0.05) is 30.3 Å². The number of aromatic hydroxyl groups is 1. The number of benzene rings is 2. The molecule has 0 radical (unpaired) electrons. The highest BCUT2D eigenvalue weighted by Gasteiger charge is 2.18. The Morgan fingerprint density at radius 1 is 1.17 bits per heavy atom. The second-order valence-electron chi connectivity index (χ2n) is 4.82. The lowest BCUT2D eigenvalue weighted by Crippen LogP contribution is -2.14. The van der Waals surface area contributed by atoms with Gasteiger partial charge >= 0.3 is 6.09 Å². The van der Waals surface area contributed by atoms with Crippen molar-refractivity contribution in [2.75, 3.05) is 19.5 Å². The first-order valence-electron chi connectivity index (χ1n) is 6.99. The van der Waals surface area contributed by atoms with Gasteiger partial charge in [0.05, 0.1) is 19.9 Å². The fourth-order valence-electron chi connectivity index (χ4n) is 2.12. The third kappa shape index (κ3) is 3.85. The molecule has 122 valence electrons. The Hall–Kier alpha value is -2.89. The zero-order valence-corrected chi connectivity index (χ0v) is 13.3. The number of phenols is 1. The number of amides is 1. The molecule has 0 bridgehead atoms. The summed E-state index contributed by atoms with van der Waals surface area (Å²) < 4.78 is 15.4. The Morgan fingerprint density at radius 3 is 2.48 bits per heavy atom. The van der Waals surface area contributed by atoms with Crippen LogP contribution in [0.25, 0.3) is 0 Å². The van der Waals surface area contributed by atoms with Crippen LogP contribution < -0.4 is 14.8 Å². The van der Waals surface area contributed by atoms with Crippen LogP contribution in [0.4, 0.5) is 10.5 Å². The van der Waals surface area contributed by atoms with Gasteiger partial charge in [0.25, 0.3) is 0 Å². The molecule has 0 aliphatic heterocycles. The molecule has 0 aliphatic carbocycles.